The lowest BCUT2D eigenvalue weighted by Gasteiger charge is -2.13. The molecule has 0 aliphatic carbocycles. The SMILES string of the molecule is CC(N=C=O)C(F)C(F)(F)F. The summed E-state index contributed by atoms with van der Waals surface area (Å²) in [6.45, 7) is 0.850. The van der Waals surface area contributed by atoms with Gasteiger partial charge in [0.05, 0.1) is 6.04 Å². The van der Waals surface area contributed by atoms with Crippen molar-refractivity contribution in [2.45, 2.75) is 25.3 Å². The van der Waals surface area contributed by atoms with Gasteiger partial charge < -0.3 is 0 Å². The summed E-state index contributed by atoms with van der Waals surface area (Å²) in [5, 5.41) is 0. The Morgan fingerprint density at radius 2 is 1.91 bits per heavy atom. The second-order valence-corrected chi connectivity index (χ2v) is 1.90. The van der Waals surface area contributed by atoms with Crippen LogP contribution in [0.3, 0.4) is 0 Å². The molecule has 2 unspecified atom stereocenters. The topological polar surface area (TPSA) is 29.4 Å². The van der Waals surface area contributed by atoms with Gasteiger partial charge in [0.25, 0.3) is 0 Å². The lowest BCUT2D eigenvalue weighted by atomic mass is 10.2. The molecule has 2 atom stereocenters. The Labute approximate surface area is 59.9 Å². The quantitative estimate of drug-likeness (QED) is 0.352. The highest BCUT2D eigenvalue weighted by Gasteiger charge is 2.43. The van der Waals surface area contributed by atoms with E-state index in [0.717, 1.165) is 13.0 Å². The van der Waals surface area contributed by atoms with E-state index in [2.05, 4.69) is 4.99 Å². The van der Waals surface area contributed by atoms with Crippen LogP contribution >= 0.6 is 0 Å². The summed E-state index contributed by atoms with van der Waals surface area (Å²) >= 11 is 0. The van der Waals surface area contributed by atoms with Crippen LogP contribution in [-0.4, -0.2) is 24.5 Å². The van der Waals surface area contributed by atoms with Crippen LogP contribution in [0, 0.1) is 0 Å². The second-order valence-electron chi connectivity index (χ2n) is 1.90. The molecule has 0 aromatic carbocycles. The van der Waals surface area contributed by atoms with Gasteiger partial charge in [-0.2, -0.15) is 18.2 Å². The van der Waals surface area contributed by atoms with E-state index in [1.165, 1.54) is 0 Å². The van der Waals surface area contributed by atoms with Crippen molar-refractivity contribution in [3.63, 3.8) is 0 Å². The largest absolute Gasteiger partial charge is 0.421 e. The zero-order valence-electron chi connectivity index (χ0n) is 5.52. The molecule has 0 aliphatic rings. The van der Waals surface area contributed by atoms with Gasteiger partial charge in [-0.05, 0) is 6.92 Å². The molecule has 0 aromatic rings. The van der Waals surface area contributed by atoms with Gasteiger partial charge >= 0.3 is 6.18 Å². The van der Waals surface area contributed by atoms with Crippen molar-refractivity contribution in [2.24, 2.45) is 4.99 Å². The van der Waals surface area contributed by atoms with Crippen LogP contribution in [0.15, 0.2) is 4.99 Å². The van der Waals surface area contributed by atoms with Crippen LogP contribution in [0.25, 0.3) is 0 Å². The van der Waals surface area contributed by atoms with E-state index < -0.39 is 18.4 Å². The molecule has 0 radical (unpaired) electrons. The third-order valence-electron chi connectivity index (χ3n) is 0.993. The van der Waals surface area contributed by atoms with Crippen molar-refractivity contribution in [3.8, 4) is 0 Å². The molecule has 0 amide bonds. The Hall–Kier alpha value is -0.900. The first kappa shape index (κ1) is 10.1. The minimum absolute atomic E-state index is 0.850. The summed E-state index contributed by atoms with van der Waals surface area (Å²) in [5.41, 5.74) is 0. The lowest BCUT2D eigenvalue weighted by Crippen LogP contribution is -2.33. The molecular weight excluding hydrogens is 166 g/mol. The highest BCUT2D eigenvalue weighted by molar-refractivity contribution is 5.33. The fraction of sp³-hybridized carbons (Fsp3) is 0.800. The molecule has 64 valence electrons. The number of isocyanates is 1. The molecule has 0 saturated heterocycles. The molecule has 0 spiro atoms. The Balaban J connectivity index is 4.24. The molecule has 2 nitrogen and oxygen atoms in total. The molecule has 11 heavy (non-hydrogen) atoms. The Bertz CT molecular complexity index is 172. The average molecular weight is 171 g/mol. The number of carbonyl (C=O) groups excluding carboxylic acids is 1. The maximum Gasteiger partial charge on any atom is 0.421 e. The summed E-state index contributed by atoms with van der Waals surface area (Å²) in [7, 11) is 0. The monoisotopic (exact) mass is 171 g/mol. The minimum atomic E-state index is -4.96. The first-order chi connectivity index (χ1) is 4.89. The summed E-state index contributed by atoms with van der Waals surface area (Å²) in [5.74, 6) is 0. The summed E-state index contributed by atoms with van der Waals surface area (Å²) in [6, 6.07) is -1.72. The standard InChI is InChI=1S/C5H5F4NO/c1-3(10-2-11)4(6)5(7,8)9/h3-4H,1H3. The molecule has 0 N–H and O–H groups in total. The summed E-state index contributed by atoms with van der Waals surface area (Å²) in [6.07, 6.45) is -7.20. The fourth-order valence-electron chi connectivity index (χ4n) is 0.422. The third kappa shape index (κ3) is 3.13. The van der Waals surface area contributed by atoms with E-state index in [4.69, 9.17) is 0 Å². The zero-order chi connectivity index (χ0) is 9.07. The number of aliphatic imine (C=N–C) groups is 1. The molecule has 0 heterocycles. The van der Waals surface area contributed by atoms with E-state index in [-0.39, 0.29) is 0 Å². The van der Waals surface area contributed by atoms with Gasteiger partial charge in [0.15, 0.2) is 0 Å². The summed E-state index contributed by atoms with van der Waals surface area (Å²) in [4.78, 5) is 12.0. The van der Waals surface area contributed by atoms with Gasteiger partial charge in [0.1, 0.15) is 0 Å². The number of rotatable bonds is 2. The summed E-state index contributed by atoms with van der Waals surface area (Å²) < 4.78 is 46.5. The average Bonchev–Trinajstić information content (AvgIpc) is 1.85. The predicted molar refractivity (Wildman–Crippen MR) is 28.5 cm³/mol. The molecule has 0 aromatic heterocycles. The molecule has 0 bridgehead atoms. The van der Waals surface area contributed by atoms with Crippen molar-refractivity contribution in [2.75, 3.05) is 0 Å². The normalized spacial score (nSPS) is 16.8. The minimum Gasteiger partial charge on any atom is -0.235 e. The number of hydrogen-bond acceptors (Lipinski definition) is 2. The van der Waals surface area contributed by atoms with E-state index in [0.29, 0.717) is 0 Å². The lowest BCUT2D eigenvalue weighted by molar-refractivity contribution is -0.184. The van der Waals surface area contributed by atoms with Crippen LogP contribution < -0.4 is 0 Å². The number of alkyl halides is 4. The Morgan fingerprint density at radius 3 is 2.18 bits per heavy atom. The first-order valence-electron chi connectivity index (χ1n) is 2.67. The molecule has 0 rings (SSSR count). The van der Waals surface area contributed by atoms with Crippen LogP contribution in [0.1, 0.15) is 6.92 Å². The van der Waals surface area contributed by atoms with Gasteiger partial charge in [-0.1, -0.05) is 0 Å². The third-order valence-corrected chi connectivity index (χ3v) is 0.993. The van der Waals surface area contributed by atoms with Gasteiger partial charge in [-0.3, -0.25) is 0 Å². The van der Waals surface area contributed by atoms with Crippen LogP contribution in [0.5, 0.6) is 0 Å². The maximum atomic E-state index is 12.1. The maximum absolute atomic E-state index is 12.1. The number of hydrogen-bond donors (Lipinski definition) is 0. The van der Waals surface area contributed by atoms with Gasteiger partial charge in [-0.25, -0.2) is 9.18 Å². The van der Waals surface area contributed by atoms with Crippen LogP contribution in [0.2, 0.25) is 0 Å². The smallest absolute Gasteiger partial charge is 0.235 e. The van der Waals surface area contributed by atoms with Gasteiger partial charge in [-0.15, -0.1) is 0 Å². The molecular formula is C5H5F4NO. The van der Waals surface area contributed by atoms with Gasteiger partial charge in [0, 0.05) is 0 Å². The van der Waals surface area contributed by atoms with E-state index in [9.17, 15) is 22.4 Å². The van der Waals surface area contributed by atoms with E-state index in [1.807, 2.05) is 0 Å². The van der Waals surface area contributed by atoms with E-state index in [1.54, 1.807) is 0 Å². The number of nitrogens with zero attached hydrogens (tertiary/aromatic N) is 1. The van der Waals surface area contributed by atoms with Crippen LogP contribution in [0.4, 0.5) is 17.6 Å². The van der Waals surface area contributed by atoms with Gasteiger partial charge in [0.2, 0.25) is 12.3 Å². The zero-order valence-corrected chi connectivity index (χ0v) is 5.52. The number of halogens is 4. The fourth-order valence-corrected chi connectivity index (χ4v) is 0.422. The Morgan fingerprint density at radius 1 is 1.45 bits per heavy atom. The van der Waals surface area contributed by atoms with Crippen molar-refractivity contribution in [3.05, 3.63) is 0 Å². The highest BCUT2D eigenvalue weighted by atomic mass is 19.4. The first-order valence-corrected chi connectivity index (χ1v) is 2.67. The second kappa shape index (κ2) is 3.48. The van der Waals surface area contributed by atoms with Crippen molar-refractivity contribution >= 4 is 6.08 Å². The molecule has 0 fully saturated rings. The van der Waals surface area contributed by atoms with E-state index >= 15 is 0 Å². The van der Waals surface area contributed by atoms with Crippen LogP contribution in [-0.2, 0) is 4.79 Å². The highest BCUT2D eigenvalue weighted by Crippen LogP contribution is 2.26. The van der Waals surface area contributed by atoms with Crippen molar-refractivity contribution in [1.29, 1.82) is 0 Å². The molecule has 6 heteroatoms. The molecule has 0 aliphatic heterocycles. The Kier molecular flexibility index (Phi) is 3.19. The predicted octanol–water partition coefficient (Wildman–Crippen LogP) is 1.61. The molecule has 0 saturated carbocycles. The van der Waals surface area contributed by atoms with Crippen molar-refractivity contribution < 1.29 is 22.4 Å². The van der Waals surface area contributed by atoms with Crippen molar-refractivity contribution in [1.82, 2.24) is 0 Å².